The summed E-state index contributed by atoms with van der Waals surface area (Å²) in [4.78, 5) is 22.5. The van der Waals surface area contributed by atoms with Gasteiger partial charge >= 0.3 is 0 Å². The van der Waals surface area contributed by atoms with E-state index in [1.165, 1.54) is 18.2 Å². The lowest BCUT2D eigenvalue weighted by molar-refractivity contribution is -0.385. The van der Waals surface area contributed by atoms with Crippen molar-refractivity contribution in [2.45, 2.75) is 32.1 Å². The Morgan fingerprint density at radius 1 is 1.38 bits per heavy atom. The first kappa shape index (κ1) is 17.7. The Morgan fingerprint density at radius 2 is 2.00 bits per heavy atom. The van der Waals surface area contributed by atoms with Crippen LogP contribution in [-0.4, -0.2) is 22.8 Å². The van der Waals surface area contributed by atoms with Crippen molar-refractivity contribution >= 4 is 34.8 Å². The summed E-state index contributed by atoms with van der Waals surface area (Å²) in [5.74, 6) is -0.294. The van der Waals surface area contributed by atoms with Crippen molar-refractivity contribution in [3.05, 3.63) is 38.9 Å². The molecule has 5 nitrogen and oxygen atoms in total. The topological polar surface area (TPSA) is 72.2 Å². The molecule has 1 aromatic carbocycles. The molecule has 0 aliphatic heterocycles. The number of carbonyl (C=O) groups is 1. The lowest BCUT2D eigenvalue weighted by atomic mass is 9.99. The Morgan fingerprint density at radius 3 is 2.52 bits per heavy atom. The molecule has 0 bridgehead atoms. The van der Waals surface area contributed by atoms with E-state index in [2.05, 4.69) is 5.32 Å². The van der Waals surface area contributed by atoms with Gasteiger partial charge in [-0.25, -0.2) is 0 Å². The van der Waals surface area contributed by atoms with Gasteiger partial charge in [-0.3, -0.25) is 14.9 Å². The van der Waals surface area contributed by atoms with Gasteiger partial charge in [0.2, 0.25) is 0 Å². The first-order valence-electron chi connectivity index (χ1n) is 6.77. The zero-order valence-corrected chi connectivity index (χ0v) is 13.4. The van der Waals surface area contributed by atoms with E-state index in [0.717, 1.165) is 12.8 Å². The minimum atomic E-state index is -0.625. The Hall–Kier alpha value is -1.33. The lowest BCUT2D eigenvalue weighted by Crippen LogP contribution is -2.33. The Kier molecular flexibility index (Phi) is 6.92. The van der Waals surface area contributed by atoms with Crippen molar-refractivity contribution in [2.24, 2.45) is 5.92 Å². The van der Waals surface area contributed by atoms with Crippen molar-refractivity contribution in [1.82, 2.24) is 5.32 Å². The summed E-state index contributed by atoms with van der Waals surface area (Å²) in [6.07, 6.45) is 1.82. The molecule has 0 heterocycles. The molecule has 1 N–H and O–H groups in total. The van der Waals surface area contributed by atoms with Crippen LogP contribution in [0.3, 0.4) is 0 Å². The molecule has 0 saturated heterocycles. The summed E-state index contributed by atoms with van der Waals surface area (Å²) in [6, 6.07) is 4.13. The zero-order chi connectivity index (χ0) is 16.0. The summed E-state index contributed by atoms with van der Waals surface area (Å²) in [5.41, 5.74) is -0.439. The van der Waals surface area contributed by atoms with Gasteiger partial charge in [0.05, 0.1) is 15.3 Å². The maximum Gasteiger partial charge on any atom is 0.283 e. The molecule has 1 aromatic rings. The monoisotopic (exact) mass is 332 g/mol. The third-order valence-electron chi connectivity index (χ3n) is 3.43. The average Bonchev–Trinajstić information content (AvgIpc) is 2.45. The molecule has 1 unspecified atom stereocenters. The predicted molar refractivity (Wildman–Crippen MR) is 84.2 cm³/mol. The van der Waals surface area contributed by atoms with E-state index >= 15 is 0 Å². The van der Waals surface area contributed by atoms with Crippen LogP contribution in [0.2, 0.25) is 5.02 Å². The van der Waals surface area contributed by atoms with Gasteiger partial charge in [0, 0.05) is 12.6 Å². The molecule has 0 radical (unpaired) electrons. The second kappa shape index (κ2) is 8.20. The second-order valence-electron chi connectivity index (χ2n) is 4.69. The van der Waals surface area contributed by atoms with Gasteiger partial charge in [0.25, 0.3) is 11.6 Å². The van der Waals surface area contributed by atoms with Crippen LogP contribution in [0.4, 0.5) is 5.69 Å². The average molecular weight is 333 g/mol. The quantitative estimate of drug-likeness (QED) is 0.465. The summed E-state index contributed by atoms with van der Waals surface area (Å²) < 4.78 is 0. The molecule has 1 rings (SSSR count). The van der Waals surface area contributed by atoms with Crippen molar-refractivity contribution in [1.29, 1.82) is 0 Å². The van der Waals surface area contributed by atoms with Crippen molar-refractivity contribution < 1.29 is 9.72 Å². The number of amides is 1. The molecule has 0 aliphatic rings. The number of nitrogens with one attached hydrogen (secondary N) is 1. The minimum absolute atomic E-state index is 0.0513. The van der Waals surface area contributed by atoms with Crippen LogP contribution in [0, 0.1) is 16.0 Å². The zero-order valence-electron chi connectivity index (χ0n) is 11.9. The van der Waals surface area contributed by atoms with Gasteiger partial charge in [-0.2, -0.15) is 0 Å². The number of nitrogens with zero attached hydrogens (tertiary/aromatic N) is 1. The summed E-state index contributed by atoms with van der Waals surface area (Å²) in [5, 5.41) is 13.4. The minimum Gasteiger partial charge on any atom is -0.350 e. The number of carbonyl (C=O) groups excluding carboxylic acids is 1. The molecule has 0 spiro atoms. The highest BCUT2D eigenvalue weighted by molar-refractivity contribution is 6.34. The molecule has 1 amide bonds. The third kappa shape index (κ3) is 4.58. The molecular formula is C14H18Cl2N2O3. The fourth-order valence-electron chi connectivity index (χ4n) is 2.14. The van der Waals surface area contributed by atoms with E-state index in [1.54, 1.807) is 0 Å². The van der Waals surface area contributed by atoms with Gasteiger partial charge < -0.3 is 5.32 Å². The van der Waals surface area contributed by atoms with Crippen molar-refractivity contribution in [2.75, 3.05) is 6.54 Å². The fourth-order valence-corrected chi connectivity index (χ4v) is 2.82. The number of nitro benzene ring substituents is 1. The number of halogens is 2. The predicted octanol–water partition coefficient (Wildman–Crippen LogP) is 4.02. The first-order chi connectivity index (χ1) is 9.92. The van der Waals surface area contributed by atoms with E-state index in [1.807, 2.05) is 13.8 Å². The maximum absolute atomic E-state index is 12.1. The van der Waals surface area contributed by atoms with Crippen LogP contribution in [0.1, 0.15) is 37.0 Å². The Labute approximate surface area is 133 Å². The van der Waals surface area contributed by atoms with Gasteiger partial charge in [0.1, 0.15) is 5.56 Å². The van der Waals surface area contributed by atoms with E-state index < -0.39 is 10.8 Å². The molecule has 0 aliphatic carbocycles. The van der Waals surface area contributed by atoms with E-state index in [0.29, 0.717) is 0 Å². The molecule has 1 atom stereocenters. The highest BCUT2D eigenvalue weighted by Gasteiger charge is 2.24. The van der Waals surface area contributed by atoms with Crippen LogP contribution in [0.15, 0.2) is 18.2 Å². The number of hydrogen-bond acceptors (Lipinski definition) is 3. The molecular weight excluding hydrogens is 315 g/mol. The summed E-state index contributed by atoms with van der Waals surface area (Å²) in [6.45, 7) is 4.31. The molecule has 7 heteroatoms. The smallest absolute Gasteiger partial charge is 0.283 e. The maximum atomic E-state index is 12.1. The molecule has 21 heavy (non-hydrogen) atoms. The lowest BCUT2D eigenvalue weighted by Gasteiger charge is -2.19. The van der Waals surface area contributed by atoms with Crippen LogP contribution in [0.5, 0.6) is 0 Å². The molecule has 0 saturated carbocycles. The SMILES string of the molecule is CCC(CC)C(Cl)CNC(=O)c1c(Cl)cccc1[N+](=O)[O-]. The standard InChI is InChI=1S/C14H18Cl2N2O3/c1-3-9(4-2)11(16)8-17-14(19)13-10(15)6-5-7-12(13)18(20)21/h5-7,9,11H,3-4,8H2,1-2H3,(H,17,19). The van der Waals surface area contributed by atoms with E-state index in [-0.39, 0.29) is 34.1 Å². The van der Waals surface area contributed by atoms with E-state index in [4.69, 9.17) is 23.2 Å². The van der Waals surface area contributed by atoms with Crippen molar-refractivity contribution in [3.63, 3.8) is 0 Å². The third-order valence-corrected chi connectivity index (χ3v) is 4.26. The van der Waals surface area contributed by atoms with Gasteiger partial charge in [-0.1, -0.05) is 44.4 Å². The fraction of sp³-hybridized carbons (Fsp3) is 0.500. The largest absolute Gasteiger partial charge is 0.350 e. The van der Waals surface area contributed by atoms with Gasteiger partial charge in [-0.05, 0) is 12.0 Å². The number of benzene rings is 1. The number of hydrogen-bond donors (Lipinski definition) is 1. The van der Waals surface area contributed by atoms with Gasteiger partial charge in [0.15, 0.2) is 0 Å². The van der Waals surface area contributed by atoms with Crippen LogP contribution >= 0.6 is 23.2 Å². The Bertz CT molecular complexity index is 519. The number of rotatable bonds is 7. The molecule has 0 fully saturated rings. The summed E-state index contributed by atoms with van der Waals surface area (Å²) in [7, 11) is 0. The summed E-state index contributed by atoms with van der Waals surface area (Å²) >= 11 is 12.1. The number of alkyl halides is 1. The second-order valence-corrected chi connectivity index (χ2v) is 5.66. The van der Waals surface area contributed by atoms with Crippen LogP contribution < -0.4 is 5.32 Å². The molecule has 0 aromatic heterocycles. The molecule has 116 valence electrons. The van der Waals surface area contributed by atoms with Crippen LogP contribution in [-0.2, 0) is 0 Å². The van der Waals surface area contributed by atoms with E-state index in [9.17, 15) is 14.9 Å². The Balaban J connectivity index is 2.84. The van der Waals surface area contributed by atoms with Crippen molar-refractivity contribution in [3.8, 4) is 0 Å². The normalized spacial score (nSPS) is 12.2. The highest BCUT2D eigenvalue weighted by Crippen LogP contribution is 2.26. The number of nitro groups is 1. The highest BCUT2D eigenvalue weighted by atomic mass is 35.5. The van der Waals surface area contributed by atoms with Gasteiger partial charge in [-0.15, -0.1) is 11.6 Å². The first-order valence-corrected chi connectivity index (χ1v) is 7.58. The van der Waals surface area contributed by atoms with Crippen LogP contribution in [0.25, 0.3) is 0 Å².